The molecule has 0 saturated carbocycles. The molecule has 2 amide bonds. The van der Waals surface area contributed by atoms with Gasteiger partial charge in [-0.25, -0.2) is 8.42 Å². The van der Waals surface area contributed by atoms with Crippen molar-refractivity contribution >= 4 is 39.1 Å². The molecule has 1 N–H and O–H groups in total. The molecule has 8 nitrogen and oxygen atoms in total. The summed E-state index contributed by atoms with van der Waals surface area (Å²) in [5.74, 6) is -0.104. The third kappa shape index (κ3) is 8.14. The van der Waals surface area contributed by atoms with E-state index < -0.39 is 28.5 Å². The van der Waals surface area contributed by atoms with Gasteiger partial charge in [-0.05, 0) is 61.7 Å². The van der Waals surface area contributed by atoms with E-state index >= 15 is 0 Å². The van der Waals surface area contributed by atoms with E-state index in [0.29, 0.717) is 22.9 Å². The van der Waals surface area contributed by atoms with Gasteiger partial charge in [0.2, 0.25) is 21.8 Å². The van der Waals surface area contributed by atoms with E-state index in [1.807, 2.05) is 32.9 Å². The van der Waals surface area contributed by atoms with E-state index in [1.54, 1.807) is 31.4 Å². The number of benzene rings is 2. The monoisotopic (exact) mass is 523 g/mol. The van der Waals surface area contributed by atoms with Gasteiger partial charge in [-0.3, -0.25) is 13.9 Å². The number of nitrogens with zero attached hydrogens (tertiary/aromatic N) is 2. The highest BCUT2D eigenvalue weighted by Crippen LogP contribution is 2.22. The summed E-state index contributed by atoms with van der Waals surface area (Å²) in [5, 5.41) is 3.39. The van der Waals surface area contributed by atoms with Gasteiger partial charge in [-0.1, -0.05) is 37.6 Å². The summed E-state index contributed by atoms with van der Waals surface area (Å²) in [5.41, 5.74) is 1.10. The summed E-state index contributed by atoms with van der Waals surface area (Å²) >= 11 is 5.95. The summed E-state index contributed by atoms with van der Waals surface area (Å²) in [6.45, 7) is 5.36. The lowest BCUT2D eigenvalue weighted by Gasteiger charge is -2.33. The number of halogens is 1. The molecule has 192 valence electrons. The molecule has 0 aliphatic rings. The van der Waals surface area contributed by atoms with E-state index in [-0.39, 0.29) is 18.5 Å². The van der Waals surface area contributed by atoms with Crippen molar-refractivity contribution < 1.29 is 22.7 Å². The molecule has 0 spiro atoms. The van der Waals surface area contributed by atoms with Crippen LogP contribution >= 0.6 is 11.6 Å². The highest BCUT2D eigenvalue weighted by atomic mass is 35.5. The van der Waals surface area contributed by atoms with Crippen LogP contribution in [-0.4, -0.2) is 57.1 Å². The molecular formula is C25H34ClN3O5S. The van der Waals surface area contributed by atoms with E-state index in [9.17, 15) is 18.0 Å². The third-order valence-corrected chi connectivity index (χ3v) is 7.09. The summed E-state index contributed by atoms with van der Waals surface area (Å²) in [6.07, 6.45) is 2.15. The first-order chi connectivity index (χ1) is 16.5. The summed E-state index contributed by atoms with van der Waals surface area (Å²) in [4.78, 5) is 28.2. The first kappa shape index (κ1) is 28.5. The molecule has 0 radical (unpaired) electrons. The van der Waals surface area contributed by atoms with Gasteiger partial charge in [0.15, 0.2) is 0 Å². The molecule has 0 saturated heterocycles. The fourth-order valence-corrected chi connectivity index (χ4v) is 4.48. The number of anilines is 1. The Morgan fingerprint density at radius 2 is 1.63 bits per heavy atom. The maximum Gasteiger partial charge on any atom is 0.244 e. The number of methoxy groups -OCH3 is 1. The van der Waals surface area contributed by atoms with E-state index in [4.69, 9.17) is 16.3 Å². The number of nitrogens with one attached hydrogen (secondary N) is 1. The lowest BCUT2D eigenvalue weighted by Crippen LogP contribution is -2.53. The molecular weight excluding hydrogens is 490 g/mol. The summed E-state index contributed by atoms with van der Waals surface area (Å²) in [6, 6.07) is 12.5. The van der Waals surface area contributed by atoms with Crippen molar-refractivity contribution in [2.45, 2.75) is 52.2 Å². The van der Waals surface area contributed by atoms with Crippen LogP contribution in [0, 0.1) is 0 Å². The van der Waals surface area contributed by atoms with Crippen LogP contribution in [0.15, 0.2) is 48.5 Å². The second kappa shape index (κ2) is 12.8. The first-order valence-corrected chi connectivity index (χ1v) is 13.7. The standard InChI is InChI=1S/C25H34ClN3O5S/c1-6-18(3)27-25(31)23(7-2)28(16-19-8-14-22(34-4)15-9-19)24(30)17-29(35(5,32)33)21-12-10-20(26)11-13-21/h8-15,18,23H,6-7,16-17H2,1-5H3,(H,27,31)/t18-,23-/m1/s1. The number of hydrogen-bond acceptors (Lipinski definition) is 5. The minimum Gasteiger partial charge on any atom is -0.497 e. The molecule has 2 rings (SSSR count). The van der Waals surface area contributed by atoms with Crippen LogP contribution in [-0.2, 0) is 26.2 Å². The minimum absolute atomic E-state index is 0.0592. The van der Waals surface area contributed by atoms with E-state index in [2.05, 4.69) is 5.32 Å². The summed E-state index contributed by atoms with van der Waals surface area (Å²) in [7, 11) is -2.23. The third-order valence-electron chi connectivity index (χ3n) is 5.69. The fourth-order valence-electron chi connectivity index (χ4n) is 3.51. The zero-order valence-corrected chi connectivity index (χ0v) is 22.4. The van der Waals surface area contributed by atoms with Gasteiger partial charge < -0.3 is 15.0 Å². The maximum atomic E-state index is 13.6. The predicted octanol–water partition coefficient (Wildman–Crippen LogP) is 3.84. The number of sulfonamides is 1. The van der Waals surface area contributed by atoms with Gasteiger partial charge >= 0.3 is 0 Å². The number of carbonyl (C=O) groups is 2. The molecule has 35 heavy (non-hydrogen) atoms. The summed E-state index contributed by atoms with van der Waals surface area (Å²) < 4.78 is 31.4. The van der Waals surface area contributed by atoms with Gasteiger partial charge in [0.1, 0.15) is 18.3 Å². The quantitative estimate of drug-likeness (QED) is 0.456. The molecule has 0 heterocycles. The fraction of sp³-hybridized carbons (Fsp3) is 0.440. The van der Waals surface area contributed by atoms with Crippen molar-refractivity contribution in [2.24, 2.45) is 0 Å². The van der Waals surface area contributed by atoms with Crippen LogP contribution in [0.1, 0.15) is 39.2 Å². The maximum absolute atomic E-state index is 13.6. The van der Waals surface area contributed by atoms with Crippen LogP contribution in [0.4, 0.5) is 5.69 Å². The Balaban J connectivity index is 2.42. The minimum atomic E-state index is -3.79. The van der Waals surface area contributed by atoms with Crippen LogP contribution in [0.25, 0.3) is 0 Å². The van der Waals surface area contributed by atoms with Gasteiger partial charge in [-0.15, -0.1) is 0 Å². The second-order valence-corrected chi connectivity index (χ2v) is 10.7. The molecule has 0 aromatic heterocycles. The number of hydrogen-bond donors (Lipinski definition) is 1. The zero-order chi connectivity index (χ0) is 26.2. The Labute approximate surface area is 213 Å². The Morgan fingerprint density at radius 1 is 1.03 bits per heavy atom. The molecule has 0 bridgehead atoms. The molecule has 10 heteroatoms. The molecule has 0 fully saturated rings. The van der Waals surface area contributed by atoms with Crippen LogP contribution < -0.4 is 14.4 Å². The van der Waals surface area contributed by atoms with Crippen molar-refractivity contribution in [3.05, 3.63) is 59.1 Å². The highest BCUT2D eigenvalue weighted by Gasteiger charge is 2.32. The first-order valence-electron chi connectivity index (χ1n) is 11.5. The van der Waals surface area contributed by atoms with E-state index in [1.165, 1.54) is 17.0 Å². The SMILES string of the molecule is CC[C@@H](C)NC(=O)[C@@H](CC)N(Cc1ccc(OC)cc1)C(=O)CN(c1ccc(Cl)cc1)S(C)(=O)=O. The van der Waals surface area contributed by atoms with Crippen molar-refractivity contribution in [2.75, 3.05) is 24.2 Å². The Bertz CT molecular complexity index is 1090. The average molecular weight is 524 g/mol. The van der Waals surface area contributed by atoms with Gasteiger partial charge in [0, 0.05) is 17.6 Å². The van der Waals surface area contributed by atoms with Gasteiger partial charge in [0.25, 0.3) is 0 Å². The number of amides is 2. The number of rotatable bonds is 12. The second-order valence-electron chi connectivity index (χ2n) is 8.36. The molecule has 0 aliphatic carbocycles. The smallest absolute Gasteiger partial charge is 0.244 e. The van der Waals surface area contributed by atoms with Crippen molar-refractivity contribution in [3.63, 3.8) is 0 Å². The van der Waals surface area contributed by atoms with Crippen molar-refractivity contribution in [1.82, 2.24) is 10.2 Å². The van der Waals surface area contributed by atoms with Crippen molar-refractivity contribution in [1.29, 1.82) is 0 Å². The largest absolute Gasteiger partial charge is 0.497 e. The molecule has 0 unspecified atom stereocenters. The van der Waals surface area contributed by atoms with Crippen LogP contribution in [0.3, 0.4) is 0 Å². The molecule has 2 aromatic rings. The number of ether oxygens (including phenoxy) is 1. The normalized spacial score (nSPS) is 13.0. The van der Waals surface area contributed by atoms with Gasteiger partial charge in [0.05, 0.1) is 19.1 Å². The van der Waals surface area contributed by atoms with Crippen LogP contribution in [0.2, 0.25) is 5.02 Å². The zero-order valence-electron chi connectivity index (χ0n) is 20.8. The molecule has 2 aromatic carbocycles. The van der Waals surface area contributed by atoms with Gasteiger partial charge in [-0.2, -0.15) is 0 Å². The van der Waals surface area contributed by atoms with Crippen LogP contribution in [0.5, 0.6) is 5.75 Å². The predicted molar refractivity (Wildman–Crippen MR) is 139 cm³/mol. The Hall–Kier alpha value is -2.78. The molecule has 0 aliphatic heterocycles. The lowest BCUT2D eigenvalue weighted by molar-refractivity contribution is -0.140. The topological polar surface area (TPSA) is 96.0 Å². The number of carbonyl (C=O) groups excluding carboxylic acids is 2. The lowest BCUT2D eigenvalue weighted by atomic mass is 10.1. The Morgan fingerprint density at radius 3 is 2.11 bits per heavy atom. The van der Waals surface area contributed by atoms with E-state index in [0.717, 1.165) is 22.5 Å². The molecule has 2 atom stereocenters. The Kier molecular flexibility index (Phi) is 10.4. The highest BCUT2D eigenvalue weighted by molar-refractivity contribution is 7.92. The average Bonchev–Trinajstić information content (AvgIpc) is 2.82. The van der Waals surface area contributed by atoms with Crippen molar-refractivity contribution in [3.8, 4) is 5.75 Å².